The monoisotopic (exact) mass is 369 g/mol. The lowest BCUT2D eigenvalue weighted by molar-refractivity contribution is 0.102. The number of rotatable bonds is 3. The smallest absolute Gasteiger partial charge is 0.256 e. The Hall–Kier alpha value is -2.80. The number of hydrogen-bond donors (Lipinski definition) is 1. The van der Waals surface area contributed by atoms with Crippen LogP contribution in [-0.4, -0.2) is 19.9 Å². The lowest BCUT2D eigenvalue weighted by Gasteiger charge is -2.11. The van der Waals surface area contributed by atoms with E-state index in [1.54, 1.807) is 28.9 Å². The Morgan fingerprint density at radius 2 is 1.81 bits per heavy atom. The maximum absolute atomic E-state index is 13.2. The van der Waals surface area contributed by atoms with Crippen molar-refractivity contribution in [2.75, 3.05) is 5.32 Å². The van der Waals surface area contributed by atoms with E-state index in [4.69, 9.17) is 0 Å². The van der Waals surface area contributed by atoms with E-state index >= 15 is 0 Å². The molecule has 132 valence electrons. The van der Waals surface area contributed by atoms with Crippen LogP contribution in [-0.2, 0) is 22.3 Å². The van der Waals surface area contributed by atoms with Gasteiger partial charge < -0.3 is 5.32 Å². The highest BCUT2D eigenvalue weighted by atomic mass is 32.2. The molecule has 0 saturated heterocycles. The maximum atomic E-state index is 13.2. The van der Waals surface area contributed by atoms with Crippen LogP contribution in [0.4, 0.5) is 10.2 Å². The number of nitrogens with zero attached hydrogens (tertiary/aromatic N) is 2. The van der Waals surface area contributed by atoms with Crippen LogP contribution < -0.4 is 5.32 Å². The number of carbonyl (C=O) groups excluding carboxylic acids is 1. The Labute approximate surface area is 152 Å². The van der Waals surface area contributed by atoms with E-state index in [0.29, 0.717) is 34.3 Å². The van der Waals surface area contributed by atoms with Crippen molar-refractivity contribution in [3.63, 3.8) is 0 Å². The van der Waals surface area contributed by atoms with Gasteiger partial charge in [0.15, 0.2) is 0 Å². The molecule has 3 aromatic rings. The number of amides is 1. The van der Waals surface area contributed by atoms with Crippen molar-refractivity contribution in [3.8, 4) is 5.69 Å². The second-order valence-corrected chi connectivity index (χ2v) is 7.67. The highest BCUT2D eigenvalue weighted by Crippen LogP contribution is 2.31. The van der Waals surface area contributed by atoms with Crippen molar-refractivity contribution in [2.24, 2.45) is 0 Å². The van der Waals surface area contributed by atoms with Gasteiger partial charge in [-0.15, -0.1) is 0 Å². The molecule has 1 amide bonds. The zero-order valence-electron chi connectivity index (χ0n) is 14.0. The summed E-state index contributed by atoms with van der Waals surface area (Å²) in [6.07, 6.45) is 0. The average Bonchev–Trinajstić information content (AvgIpc) is 3.13. The Bertz CT molecular complexity index is 1010. The van der Waals surface area contributed by atoms with E-state index < -0.39 is 10.8 Å². The Morgan fingerprint density at radius 1 is 1.12 bits per heavy atom. The molecule has 0 bridgehead atoms. The highest BCUT2D eigenvalue weighted by molar-refractivity contribution is 7.83. The van der Waals surface area contributed by atoms with Gasteiger partial charge in [-0.3, -0.25) is 9.00 Å². The van der Waals surface area contributed by atoms with Crippen LogP contribution in [0.5, 0.6) is 0 Å². The van der Waals surface area contributed by atoms with E-state index in [2.05, 4.69) is 10.4 Å². The van der Waals surface area contributed by atoms with Crippen molar-refractivity contribution in [3.05, 3.63) is 76.7 Å². The van der Waals surface area contributed by atoms with Gasteiger partial charge in [0.25, 0.3) is 5.91 Å². The molecule has 7 heteroatoms. The average molecular weight is 369 g/mol. The minimum Gasteiger partial charge on any atom is -0.306 e. The number of halogens is 1. The second-order valence-electron chi connectivity index (χ2n) is 6.21. The van der Waals surface area contributed by atoms with Crippen LogP contribution in [0.2, 0.25) is 0 Å². The van der Waals surface area contributed by atoms with Gasteiger partial charge in [-0.05, 0) is 43.3 Å². The van der Waals surface area contributed by atoms with Gasteiger partial charge in [0.1, 0.15) is 11.6 Å². The molecule has 1 atom stereocenters. The van der Waals surface area contributed by atoms with Crippen LogP contribution in [0.15, 0.2) is 48.5 Å². The molecule has 1 aliphatic heterocycles. The van der Waals surface area contributed by atoms with E-state index in [-0.39, 0.29) is 11.7 Å². The first-order valence-corrected chi connectivity index (χ1v) is 9.60. The maximum Gasteiger partial charge on any atom is 0.256 e. The Kier molecular flexibility index (Phi) is 4.16. The van der Waals surface area contributed by atoms with E-state index in [1.807, 2.05) is 19.1 Å². The molecule has 2 heterocycles. The number of fused-ring (bicyclic) bond motifs is 1. The third-order valence-electron chi connectivity index (χ3n) is 4.29. The quantitative estimate of drug-likeness (QED) is 0.770. The topological polar surface area (TPSA) is 64.0 Å². The molecule has 2 aromatic carbocycles. The molecule has 1 N–H and O–H groups in total. The number of anilines is 1. The number of aromatic nitrogens is 2. The normalized spacial score (nSPS) is 15.7. The lowest BCUT2D eigenvalue weighted by Crippen LogP contribution is -2.16. The Balaban J connectivity index is 1.74. The third kappa shape index (κ3) is 3.06. The molecular formula is C19H16FN3O2S. The SMILES string of the molecule is Cc1ccc(C(=O)Nc2c3c(nn2-c2ccc(F)cc2)CS(=O)C3)cc1. The minimum absolute atomic E-state index is 0.270. The van der Waals surface area contributed by atoms with Gasteiger partial charge in [0.05, 0.1) is 22.9 Å². The number of benzene rings is 2. The molecule has 1 aromatic heterocycles. The number of nitrogens with one attached hydrogen (secondary N) is 1. The van der Waals surface area contributed by atoms with Gasteiger partial charge in [-0.25, -0.2) is 9.07 Å². The Morgan fingerprint density at radius 3 is 2.50 bits per heavy atom. The summed E-state index contributed by atoms with van der Waals surface area (Å²) >= 11 is 0. The molecule has 1 unspecified atom stereocenters. The van der Waals surface area contributed by atoms with Crippen molar-refractivity contribution in [1.29, 1.82) is 0 Å². The van der Waals surface area contributed by atoms with E-state index in [0.717, 1.165) is 11.1 Å². The van der Waals surface area contributed by atoms with Crippen molar-refractivity contribution in [2.45, 2.75) is 18.4 Å². The number of aryl methyl sites for hydroxylation is 1. The van der Waals surface area contributed by atoms with Crippen LogP contribution in [0, 0.1) is 12.7 Å². The summed E-state index contributed by atoms with van der Waals surface area (Å²) in [5, 5.41) is 7.38. The zero-order chi connectivity index (χ0) is 18.3. The predicted octanol–water partition coefficient (Wildman–Crippen LogP) is 3.33. The lowest BCUT2D eigenvalue weighted by atomic mass is 10.1. The largest absolute Gasteiger partial charge is 0.306 e. The fourth-order valence-corrected chi connectivity index (χ4v) is 4.17. The molecule has 0 fully saturated rings. The molecule has 0 aliphatic carbocycles. The summed E-state index contributed by atoms with van der Waals surface area (Å²) in [5.41, 5.74) is 3.69. The standard InChI is InChI=1S/C19H16FN3O2S/c1-12-2-4-13(5-3-12)19(24)21-18-16-10-26(25)11-17(16)22-23(18)15-8-6-14(20)7-9-15/h2-9H,10-11H2,1H3,(H,21,24). The van der Waals surface area contributed by atoms with Crippen LogP contribution in [0.3, 0.4) is 0 Å². The van der Waals surface area contributed by atoms with Gasteiger partial charge >= 0.3 is 0 Å². The van der Waals surface area contributed by atoms with Gasteiger partial charge in [0, 0.05) is 21.9 Å². The fraction of sp³-hybridized carbons (Fsp3) is 0.158. The highest BCUT2D eigenvalue weighted by Gasteiger charge is 2.28. The van der Waals surface area contributed by atoms with Crippen LogP contribution in [0.25, 0.3) is 5.69 Å². The molecule has 26 heavy (non-hydrogen) atoms. The van der Waals surface area contributed by atoms with Crippen molar-refractivity contribution >= 4 is 22.5 Å². The van der Waals surface area contributed by atoms with Gasteiger partial charge in [0.2, 0.25) is 0 Å². The van der Waals surface area contributed by atoms with Gasteiger partial charge in [-0.1, -0.05) is 17.7 Å². The first kappa shape index (κ1) is 16.7. The molecule has 0 radical (unpaired) electrons. The number of carbonyl (C=O) groups is 1. The summed E-state index contributed by atoms with van der Waals surface area (Å²) in [4.78, 5) is 12.7. The minimum atomic E-state index is -1.02. The van der Waals surface area contributed by atoms with E-state index in [9.17, 15) is 13.4 Å². The predicted molar refractivity (Wildman–Crippen MR) is 98.2 cm³/mol. The van der Waals surface area contributed by atoms with E-state index in [1.165, 1.54) is 12.1 Å². The van der Waals surface area contributed by atoms with Crippen molar-refractivity contribution in [1.82, 2.24) is 9.78 Å². The fourth-order valence-electron chi connectivity index (χ4n) is 2.91. The molecule has 5 nitrogen and oxygen atoms in total. The molecule has 4 rings (SSSR count). The van der Waals surface area contributed by atoms with Gasteiger partial charge in [-0.2, -0.15) is 5.10 Å². The number of hydrogen-bond acceptors (Lipinski definition) is 3. The summed E-state index contributed by atoms with van der Waals surface area (Å²) < 4.78 is 26.7. The molecule has 0 spiro atoms. The van der Waals surface area contributed by atoms with Crippen LogP contribution >= 0.6 is 0 Å². The zero-order valence-corrected chi connectivity index (χ0v) is 14.8. The summed E-state index contributed by atoms with van der Waals surface area (Å²) in [7, 11) is -1.02. The van der Waals surface area contributed by atoms with Crippen molar-refractivity contribution < 1.29 is 13.4 Å². The van der Waals surface area contributed by atoms with Crippen LogP contribution in [0.1, 0.15) is 27.2 Å². The molecular weight excluding hydrogens is 353 g/mol. The summed E-state index contributed by atoms with van der Waals surface area (Å²) in [5.74, 6) is 0.577. The summed E-state index contributed by atoms with van der Waals surface area (Å²) in [6.45, 7) is 1.95. The first-order chi connectivity index (χ1) is 12.5. The summed E-state index contributed by atoms with van der Waals surface area (Å²) in [6, 6.07) is 13.1. The first-order valence-electron chi connectivity index (χ1n) is 8.11. The second kappa shape index (κ2) is 6.49. The third-order valence-corrected chi connectivity index (χ3v) is 5.49. The molecule has 0 saturated carbocycles. The molecule has 1 aliphatic rings.